The van der Waals surface area contributed by atoms with Crippen molar-refractivity contribution in [2.24, 2.45) is 0 Å². The highest BCUT2D eigenvalue weighted by atomic mass is 16.3. The fourth-order valence-electron chi connectivity index (χ4n) is 7.02. The summed E-state index contributed by atoms with van der Waals surface area (Å²) in [6, 6.07) is 58.6. The van der Waals surface area contributed by atoms with Gasteiger partial charge in [-0.1, -0.05) is 127 Å². The number of benzene rings is 7. The second kappa shape index (κ2) is 11.4. The van der Waals surface area contributed by atoms with Crippen molar-refractivity contribution in [3.63, 3.8) is 0 Å². The van der Waals surface area contributed by atoms with Crippen molar-refractivity contribution in [2.75, 3.05) is 0 Å². The van der Waals surface area contributed by atoms with Crippen molar-refractivity contribution >= 4 is 43.7 Å². The summed E-state index contributed by atoms with van der Waals surface area (Å²) in [5.74, 6) is 1.93. The number of hydrogen-bond donors (Lipinski definition) is 0. The zero-order valence-electron chi connectivity index (χ0n) is 26.9. The van der Waals surface area contributed by atoms with Crippen LogP contribution in [0, 0.1) is 0 Å². The lowest BCUT2D eigenvalue weighted by Gasteiger charge is -2.09. The molecule has 50 heavy (non-hydrogen) atoms. The Morgan fingerprint density at radius 3 is 1.52 bits per heavy atom. The molecule has 0 aliphatic heterocycles. The molecule has 0 saturated carbocycles. The Morgan fingerprint density at radius 2 is 0.860 bits per heavy atom. The van der Waals surface area contributed by atoms with Crippen LogP contribution in [0.25, 0.3) is 94.7 Å². The van der Waals surface area contributed by atoms with Crippen molar-refractivity contribution in [3.05, 3.63) is 170 Å². The maximum Gasteiger partial charge on any atom is 0.164 e. The van der Waals surface area contributed by atoms with E-state index in [1.54, 1.807) is 0 Å². The van der Waals surface area contributed by atoms with E-state index in [0.29, 0.717) is 17.5 Å². The Bertz CT molecular complexity index is 2780. The van der Waals surface area contributed by atoms with Gasteiger partial charge in [0.25, 0.3) is 0 Å². The second-order valence-corrected chi connectivity index (χ2v) is 12.5. The molecule has 3 aromatic heterocycles. The van der Waals surface area contributed by atoms with Crippen molar-refractivity contribution in [2.45, 2.75) is 0 Å². The summed E-state index contributed by atoms with van der Waals surface area (Å²) in [6.07, 6.45) is 0. The quantitative estimate of drug-likeness (QED) is 0.188. The van der Waals surface area contributed by atoms with Crippen LogP contribution < -0.4 is 0 Å². The summed E-state index contributed by atoms with van der Waals surface area (Å²) in [4.78, 5) is 14.6. The first-order valence-electron chi connectivity index (χ1n) is 16.7. The summed E-state index contributed by atoms with van der Waals surface area (Å²) in [6.45, 7) is 0. The third kappa shape index (κ3) is 4.67. The molecule has 5 heteroatoms. The smallest absolute Gasteiger partial charge is 0.164 e. The molecule has 0 aliphatic rings. The molecule has 5 nitrogen and oxygen atoms in total. The van der Waals surface area contributed by atoms with Gasteiger partial charge in [0.2, 0.25) is 0 Å². The van der Waals surface area contributed by atoms with Crippen molar-refractivity contribution in [3.8, 4) is 51.0 Å². The van der Waals surface area contributed by atoms with Gasteiger partial charge in [0, 0.05) is 43.9 Å². The lowest BCUT2D eigenvalue weighted by atomic mass is 10.0. The van der Waals surface area contributed by atoms with E-state index < -0.39 is 0 Å². The molecule has 0 radical (unpaired) electrons. The molecule has 0 unspecified atom stereocenters. The van der Waals surface area contributed by atoms with Gasteiger partial charge in [-0.2, -0.15) is 0 Å². The van der Waals surface area contributed by atoms with Gasteiger partial charge in [0.05, 0.1) is 11.0 Å². The Hall–Kier alpha value is -6.85. The molecule has 10 rings (SSSR count). The Labute approximate surface area is 287 Å². The van der Waals surface area contributed by atoms with Crippen LogP contribution in [0.15, 0.2) is 174 Å². The molecule has 0 spiro atoms. The number of aromatic nitrogens is 4. The predicted octanol–water partition coefficient (Wildman–Crippen LogP) is 11.5. The van der Waals surface area contributed by atoms with Crippen molar-refractivity contribution in [1.29, 1.82) is 0 Å². The number of fused-ring (bicyclic) bond motifs is 6. The van der Waals surface area contributed by atoms with Gasteiger partial charge in [-0.05, 0) is 53.6 Å². The van der Waals surface area contributed by atoms with Gasteiger partial charge < -0.3 is 8.98 Å². The largest absolute Gasteiger partial charge is 0.456 e. The van der Waals surface area contributed by atoms with Crippen LogP contribution in [0.1, 0.15) is 0 Å². The maximum atomic E-state index is 6.55. The minimum absolute atomic E-state index is 0.635. The zero-order chi connectivity index (χ0) is 33.0. The molecule has 0 saturated heterocycles. The van der Waals surface area contributed by atoms with Crippen molar-refractivity contribution in [1.82, 2.24) is 19.5 Å². The first kappa shape index (κ1) is 28.2. The highest BCUT2D eigenvalue weighted by Gasteiger charge is 2.17. The van der Waals surface area contributed by atoms with Gasteiger partial charge in [0.15, 0.2) is 17.5 Å². The number of nitrogens with zero attached hydrogens (tertiary/aromatic N) is 4. The van der Waals surface area contributed by atoms with E-state index >= 15 is 0 Å². The second-order valence-electron chi connectivity index (χ2n) is 12.5. The van der Waals surface area contributed by atoms with Crippen LogP contribution in [0.2, 0.25) is 0 Å². The average molecular weight is 641 g/mol. The summed E-state index contributed by atoms with van der Waals surface area (Å²) in [5, 5.41) is 4.59. The number of hydrogen-bond acceptors (Lipinski definition) is 4. The molecule has 7 aromatic carbocycles. The highest BCUT2D eigenvalue weighted by Crippen LogP contribution is 2.39. The lowest BCUT2D eigenvalue weighted by Crippen LogP contribution is -2.00. The van der Waals surface area contributed by atoms with Crippen LogP contribution in [0.4, 0.5) is 0 Å². The fraction of sp³-hybridized carbons (Fsp3) is 0. The Kier molecular flexibility index (Phi) is 6.42. The Morgan fingerprint density at radius 1 is 0.340 bits per heavy atom. The van der Waals surface area contributed by atoms with Gasteiger partial charge in [0.1, 0.15) is 11.2 Å². The normalized spacial score (nSPS) is 11.6. The highest BCUT2D eigenvalue weighted by molar-refractivity contribution is 6.17. The van der Waals surface area contributed by atoms with Crippen molar-refractivity contribution < 1.29 is 4.42 Å². The van der Waals surface area contributed by atoms with E-state index in [1.807, 2.05) is 60.7 Å². The third-order valence-electron chi connectivity index (χ3n) is 9.46. The summed E-state index contributed by atoms with van der Waals surface area (Å²) < 4.78 is 8.90. The van der Waals surface area contributed by atoms with E-state index in [-0.39, 0.29) is 0 Å². The van der Waals surface area contributed by atoms with Crippen LogP contribution in [0.5, 0.6) is 0 Å². The molecule has 0 bridgehead atoms. The van der Waals surface area contributed by atoms with E-state index in [9.17, 15) is 0 Å². The maximum absolute atomic E-state index is 6.55. The van der Waals surface area contributed by atoms with E-state index in [2.05, 4.69) is 114 Å². The molecular formula is C45H28N4O. The predicted molar refractivity (Wildman–Crippen MR) is 203 cm³/mol. The van der Waals surface area contributed by atoms with Crippen LogP contribution in [0.3, 0.4) is 0 Å². The minimum atomic E-state index is 0.635. The van der Waals surface area contributed by atoms with Gasteiger partial charge in [-0.15, -0.1) is 0 Å². The lowest BCUT2D eigenvalue weighted by molar-refractivity contribution is 0.669. The minimum Gasteiger partial charge on any atom is -0.456 e. The topological polar surface area (TPSA) is 56.7 Å². The molecule has 10 aromatic rings. The number of furan rings is 1. The molecular weight excluding hydrogens is 613 g/mol. The first-order valence-corrected chi connectivity index (χ1v) is 16.7. The van der Waals surface area contributed by atoms with E-state index in [4.69, 9.17) is 19.4 Å². The van der Waals surface area contributed by atoms with Gasteiger partial charge in [-0.25, -0.2) is 15.0 Å². The number of rotatable bonds is 5. The average Bonchev–Trinajstić information content (AvgIpc) is 3.72. The van der Waals surface area contributed by atoms with Gasteiger partial charge >= 0.3 is 0 Å². The summed E-state index contributed by atoms with van der Waals surface area (Å²) in [7, 11) is 0. The summed E-state index contributed by atoms with van der Waals surface area (Å²) >= 11 is 0. The van der Waals surface area contributed by atoms with Gasteiger partial charge in [-0.3, -0.25) is 0 Å². The van der Waals surface area contributed by atoms with Crippen LogP contribution in [-0.4, -0.2) is 19.5 Å². The number of para-hydroxylation sites is 2. The first-order chi connectivity index (χ1) is 24.8. The monoisotopic (exact) mass is 640 g/mol. The van der Waals surface area contributed by atoms with E-state index in [1.165, 1.54) is 16.3 Å². The molecule has 0 N–H and O–H groups in total. The SMILES string of the molecule is c1ccc(-c2nc(-c3ccccc3)nc(-c3ccc(-c4ccc5c(c4)oc4cc6c7ccccc7n(-c7ccccc7)c6cc45)cc3)n2)cc1. The standard InChI is InChI=1S/C45H28N4O/c1-4-12-30(13-5-1)43-46-44(31-14-6-2-7-15-31)48-45(47-43)32-22-20-29(21-23-32)33-24-25-36-38-27-40-37(28-42(38)50-41(36)26-33)35-18-10-11-19-39(35)49(40)34-16-8-3-9-17-34/h1-28H. The molecule has 234 valence electrons. The molecule has 0 atom stereocenters. The molecule has 0 amide bonds. The third-order valence-corrected chi connectivity index (χ3v) is 9.46. The molecule has 0 fully saturated rings. The van der Waals surface area contributed by atoms with Crippen LogP contribution in [-0.2, 0) is 0 Å². The molecule has 3 heterocycles. The summed E-state index contributed by atoms with van der Waals surface area (Å²) in [5.41, 5.74) is 10.2. The van der Waals surface area contributed by atoms with Crippen LogP contribution >= 0.6 is 0 Å². The molecule has 0 aliphatic carbocycles. The zero-order valence-corrected chi connectivity index (χ0v) is 26.9. The fourth-order valence-corrected chi connectivity index (χ4v) is 7.02. The Balaban J connectivity index is 1.05. The van der Waals surface area contributed by atoms with E-state index in [0.717, 1.165) is 61.0 Å².